The number of hydrogen-bond acceptors (Lipinski definition) is 8. The standard InChI is InChI=1S/C22H21F3N4O5.Li/c1-12-8-13(14-10-26-29(11-14)20(31)34-21(2,3)4)6-7-16(12)33-18-15(19(30)32-5)9-17(27-28-18)22(23,24)25;/h6-11H,1-5H3;. The molecule has 1 aromatic carbocycles. The minimum Gasteiger partial charge on any atom is -0.465 e. The van der Waals surface area contributed by atoms with E-state index in [4.69, 9.17) is 9.47 Å². The molecule has 9 nitrogen and oxygen atoms in total. The van der Waals surface area contributed by atoms with Crippen LogP contribution in [0.1, 0.15) is 42.4 Å². The number of aryl methyl sites for hydroxylation is 1. The Morgan fingerprint density at radius 1 is 1.03 bits per heavy atom. The summed E-state index contributed by atoms with van der Waals surface area (Å²) in [4.78, 5) is 24.2. The quantitative estimate of drug-likeness (QED) is 0.389. The Morgan fingerprint density at radius 3 is 2.29 bits per heavy atom. The van der Waals surface area contributed by atoms with Gasteiger partial charge in [0.15, 0.2) is 5.69 Å². The van der Waals surface area contributed by atoms with Crippen LogP contribution < -0.4 is 4.74 Å². The van der Waals surface area contributed by atoms with E-state index in [-0.39, 0.29) is 24.6 Å². The van der Waals surface area contributed by atoms with Crippen LogP contribution in [0.4, 0.5) is 18.0 Å². The minimum atomic E-state index is -4.80. The number of halogens is 3. The molecule has 0 fully saturated rings. The number of alkyl halides is 3. The van der Waals surface area contributed by atoms with Crippen molar-refractivity contribution in [3.05, 3.63) is 53.5 Å². The van der Waals surface area contributed by atoms with E-state index in [9.17, 15) is 22.8 Å². The number of carbonyl (C=O) groups excluding carboxylic acids is 2. The minimum absolute atomic E-state index is 0. The number of benzene rings is 1. The second-order valence-corrected chi connectivity index (χ2v) is 8.17. The summed E-state index contributed by atoms with van der Waals surface area (Å²) in [6, 6.07) is 5.41. The molecule has 13 heteroatoms. The molecular formula is C22H21F3LiN4O5. The summed E-state index contributed by atoms with van der Waals surface area (Å²) in [6.07, 6.45) is -2.45. The third-order valence-corrected chi connectivity index (χ3v) is 4.33. The fourth-order valence-electron chi connectivity index (χ4n) is 2.78. The van der Waals surface area contributed by atoms with E-state index in [2.05, 4.69) is 20.0 Å². The third-order valence-electron chi connectivity index (χ3n) is 4.33. The number of carbonyl (C=O) groups is 2. The van der Waals surface area contributed by atoms with E-state index < -0.39 is 41.0 Å². The molecule has 0 N–H and O–H groups in total. The van der Waals surface area contributed by atoms with E-state index in [0.717, 1.165) is 11.8 Å². The number of rotatable bonds is 4. The van der Waals surface area contributed by atoms with Crippen LogP contribution in [-0.2, 0) is 15.7 Å². The molecule has 2 aromatic heterocycles. The van der Waals surface area contributed by atoms with E-state index in [1.807, 2.05) is 0 Å². The molecule has 0 bridgehead atoms. The Morgan fingerprint density at radius 2 is 1.71 bits per heavy atom. The van der Waals surface area contributed by atoms with E-state index in [1.54, 1.807) is 39.8 Å². The zero-order valence-electron chi connectivity index (χ0n) is 19.9. The van der Waals surface area contributed by atoms with Gasteiger partial charge in [0.25, 0.3) is 5.88 Å². The Labute approximate surface area is 210 Å². The normalized spacial score (nSPS) is 11.4. The molecule has 3 aromatic rings. The maximum atomic E-state index is 13.0. The maximum absolute atomic E-state index is 13.0. The van der Waals surface area contributed by atoms with Crippen LogP contribution in [0.3, 0.4) is 0 Å². The number of nitrogens with zero attached hydrogens (tertiary/aromatic N) is 4. The van der Waals surface area contributed by atoms with Crippen molar-refractivity contribution in [3.8, 4) is 22.8 Å². The molecule has 0 aliphatic rings. The first-order valence-electron chi connectivity index (χ1n) is 9.88. The van der Waals surface area contributed by atoms with Crippen molar-refractivity contribution >= 4 is 30.9 Å². The van der Waals surface area contributed by atoms with E-state index >= 15 is 0 Å². The first kappa shape index (κ1) is 27.9. The second-order valence-electron chi connectivity index (χ2n) is 8.17. The predicted molar refractivity (Wildman–Crippen MR) is 118 cm³/mol. The van der Waals surface area contributed by atoms with Gasteiger partial charge in [0.1, 0.15) is 16.9 Å². The summed E-state index contributed by atoms with van der Waals surface area (Å²) in [6.45, 7) is 6.91. The van der Waals surface area contributed by atoms with Gasteiger partial charge in [-0.25, -0.2) is 9.59 Å². The smallest absolute Gasteiger partial charge is 0.435 e. The summed E-state index contributed by atoms with van der Waals surface area (Å²) in [5.41, 5.74) is -0.680. The van der Waals surface area contributed by atoms with Crippen LogP contribution >= 0.6 is 0 Å². The summed E-state index contributed by atoms with van der Waals surface area (Å²) < 4.78 is 55.4. The first-order chi connectivity index (χ1) is 15.8. The van der Waals surface area contributed by atoms with Gasteiger partial charge in [-0.3, -0.25) is 0 Å². The topological polar surface area (TPSA) is 105 Å². The van der Waals surface area contributed by atoms with E-state index in [1.165, 1.54) is 18.5 Å². The Hall–Kier alpha value is -3.36. The molecular weight excluding hydrogens is 464 g/mol. The summed E-state index contributed by atoms with van der Waals surface area (Å²) >= 11 is 0. The van der Waals surface area contributed by atoms with Gasteiger partial charge in [-0.05, 0) is 57.0 Å². The van der Waals surface area contributed by atoms with Crippen molar-refractivity contribution in [2.45, 2.75) is 39.5 Å². The van der Waals surface area contributed by atoms with Crippen molar-refractivity contribution in [2.24, 2.45) is 0 Å². The zero-order valence-corrected chi connectivity index (χ0v) is 19.9. The monoisotopic (exact) mass is 485 g/mol. The predicted octanol–water partition coefficient (Wildman–Crippen LogP) is 4.65. The molecule has 0 saturated heterocycles. The fraction of sp³-hybridized carbons (Fsp3) is 0.318. The van der Waals surface area contributed by atoms with Gasteiger partial charge < -0.3 is 14.2 Å². The second kappa shape index (κ2) is 10.5. The average molecular weight is 485 g/mol. The maximum Gasteiger partial charge on any atom is 0.435 e. The van der Waals surface area contributed by atoms with Crippen molar-refractivity contribution in [1.82, 2.24) is 20.0 Å². The molecule has 0 unspecified atom stereocenters. The number of hydrogen-bond donors (Lipinski definition) is 0. The van der Waals surface area contributed by atoms with Gasteiger partial charge in [-0.2, -0.15) is 23.0 Å². The summed E-state index contributed by atoms with van der Waals surface area (Å²) in [7, 11) is 1.03. The van der Waals surface area contributed by atoms with Crippen LogP contribution in [0.5, 0.6) is 11.6 Å². The van der Waals surface area contributed by atoms with Gasteiger partial charge in [-0.1, -0.05) is 6.07 Å². The van der Waals surface area contributed by atoms with Gasteiger partial charge in [0.05, 0.1) is 13.3 Å². The molecule has 0 spiro atoms. The number of aromatic nitrogens is 4. The summed E-state index contributed by atoms with van der Waals surface area (Å²) in [5, 5.41) is 10.5. The molecule has 1 radical (unpaired) electrons. The van der Waals surface area contributed by atoms with Crippen LogP contribution in [-0.4, -0.2) is 63.6 Å². The Kier molecular flexibility index (Phi) is 8.36. The van der Waals surface area contributed by atoms with Crippen molar-refractivity contribution in [3.63, 3.8) is 0 Å². The average Bonchev–Trinajstić information content (AvgIpc) is 3.23. The molecule has 2 heterocycles. The van der Waals surface area contributed by atoms with Crippen molar-refractivity contribution in [2.75, 3.05) is 7.11 Å². The van der Waals surface area contributed by atoms with Crippen molar-refractivity contribution < 1.29 is 37.0 Å². The molecule has 0 aliphatic carbocycles. The van der Waals surface area contributed by atoms with Crippen LogP contribution in [0.15, 0.2) is 36.7 Å². The Bertz CT molecular complexity index is 1240. The molecule has 3 rings (SSSR count). The van der Waals surface area contributed by atoms with Crippen molar-refractivity contribution in [1.29, 1.82) is 0 Å². The molecule has 0 saturated carbocycles. The Balaban J connectivity index is 0.00000432. The molecule has 181 valence electrons. The molecule has 0 amide bonds. The van der Waals surface area contributed by atoms with Gasteiger partial charge in [0.2, 0.25) is 0 Å². The fourth-order valence-corrected chi connectivity index (χ4v) is 2.78. The van der Waals surface area contributed by atoms with Crippen LogP contribution in [0.2, 0.25) is 0 Å². The van der Waals surface area contributed by atoms with Crippen LogP contribution in [0, 0.1) is 6.92 Å². The largest absolute Gasteiger partial charge is 0.465 e. The SMILES string of the molecule is COC(=O)c1cc(C(F)(F)F)nnc1Oc1ccc(-c2cnn(C(=O)OC(C)(C)C)c2)cc1C.[Li]. The number of esters is 1. The van der Waals surface area contributed by atoms with E-state index in [0.29, 0.717) is 22.8 Å². The van der Waals surface area contributed by atoms with Gasteiger partial charge in [-0.15, -0.1) is 10.2 Å². The molecule has 35 heavy (non-hydrogen) atoms. The third kappa shape index (κ3) is 6.83. The number of methoxy groups -OCH3 is 1. The summed E-state index contributed by atoms with van der Waals surface area (Å²) in [5.74, 6) is -1.27. The molecule has 0 atom stereocenters. The number of ether oxygens (including phenoxy) is 3. The van der Waals surface area contributed by atoms with Crippen LogP contribution in [0.25, 0.3) is 11.1 Å². The van der Waals surface area contributed by atoms with Gasteiger partial charge >= 0.3 is 18.2 Å². The molecule has 0 aliphatic heterocycles. The van der Waals surface area contributed by atoms with Gasteiger partial charge in [0, 0.05) is 30.6 Å². The first-order valence-corrected chi connectivity index (χ1v) is 9.88. The zero-order chi connectivity index (χ0) is 25.3.